The minimum absolute atomic E-state index is 0.212. The Balaban J connectivity index is 2.50. The Kier molecular flexibility index (Phi) is 6.52. The first-order valence-electron chi connectivity index (χ1n) is 7.53. The number of hydrogen-bond acceptors (Lipinski definition) is 4. The predicted octanol–water partition coefficient (Wildman–Crippen LogP) is 1.97. The first-order chi connectivity index (χ1) is 9.91. The number of unbranched alkanes of at least 4 members (excludes halogenated alkanes) is 5. The van der Waals surface area contributed by atoms with E-state index in [-0.39, 0.29) is 12.2 Å². The lowest BCUT2D eigenvalue weighted by Crippen LogP contribution is -2.58. The number of Topliss-reactive ketones (excluding diaryl/α,β-unsaturated/α-hetero) is 1. The van der Waals surface area contributed by atoms with Gasteiger partial charge in [-0.25, -0.2) is 4.79 Å². The van der Waals surface area contributed by atoms with Gasteiger partial charge in [-0.3, -0.25) is 24.2 Å². The minimum Gasteiger partial charge on any atom is -0.298 e. The second kappa shape index (κ2) is 7.90. The maximum Gasteiger partial charge on any atom is 0.332 e. The zero-order chi connectivity index (χ0) is 16.0. The van der Waals surface area contributed by atoms with Crippen LogP contribution in [0.2, 0.25) is 0 Å². The number of rotatable bonds is 8. The highest BCUT2D eigenvalue weighted by molar-refractivity contribution is 6.26. The van der Waals surface area contributed by atoms with E-state index in [0.29, 0.717) is 6.42 Å². The van der Waals surface area contributed by atoms with Crippen LogP contribution in [0.3, 0.4) is 0 Å². The fourth-order valence-electron chi connectivity index (χ4n) is 2.41. The number of hydrogen-bond donors (Lipinski definition) is 0. The van der Waals surface area contributed by atoms with E-state index in [1.165, 1.54) is 20.5 Å². The summed E-state index contributed by atoms with van der Waals surface area (Å²) in [5, 5.41) is 0. The number of imide groups is 2. The number of carbonyl (C=O) groups is 4. The molecule has 0 aromatic heterocycles. The number of ketones is 1. The molecule has 0 saturated carbocycles. The zero-order valence-electron chi connectivity index (χ0n) is 13.1. The molecule has 1 aliphatic heterocycles. The summed E-state index contributed by atoms with van der Waals surface area (Å²) in [5.74, 6) is -3.14. The summed E-state index contributed by atoms with van der Waals surface area (Å²) in [4.78, 5) is 49.2. The highest BCUT2D eigenvalue weighted by Gasteiger charge is 2.45. The van der Waals surface area contributed by atoms with Gasteiger partial charge < -0.3 is 0 Å². The van der Waals surface area contributed by atoms with Gasteiger partial charge in [0.05, 0.1) is 0 Å². The van der Waals surface area contributed by atoms with Crippen molar-refractivity contribution in [3.05, 3.63) is 0 Å². The average Bonchev–Trinajstić information content (AvgIpc) is 2.47. The summed E-state index contributed by atoms with van der Waals surface area (Å²) in [6, 6.07) is -0.686. The fourth-order valence-corrected chi connectivity index (χ4v) is 2.41. The third-order valence-electron chi connectivity index (χ3n) is 3.83. The Morgan fingerprint density at radius 3 is 1.90 bits per heavy atom. The molecule has 0 bridgehead atoms. The van der Waals surface area contributed by atoms with Gasteiger partial charge in [-0.15, -0.1) is 0 Å². The van der Waals surface area contributed by atoms with Gasteiger partial charge in [0.25, 0.3) is 11.8 Å². The topological polar surface area (TPSA) is 74.8 Å². The van der Waals surface area contributed by atoms with Crippen LogP contribution in [0.25, 0.3) is 0 Å². The molecule has 21 heavy (non-hydrogen) atoms. The summed E-state index contributed by atoms with van der Waals surface area (Å²) in [5.41, 5.74) is 0. The number of carbonyl (C=O) groups excluding carboxylic acids is 4. The van der Waals surface area contributed by atoms with Crippen molar-refractivity contribution in [2.45, 2.75) is 51.9 Å². The van der Waals surface area contributed by atoms with Crippen LogP contribution in [-0.2, 0) is 14.4 Å². The molecule has 0 unspecified atom stereocenters. The summed E-state index contributed by atoms with van der Waals surface area (Å²) < 4.78 is 0. The van der Waals surface area contributed by atoms with E-state index in [9.17, 15) is 19.2 Å². The van der Waals surface area contributed by atoms with E-state index in [4.69, 9.17) is 0 Å². The van der Waals surface area contributed by atoms with Crippen LogP contribution < -0.4 is 0 Å². The molecule has 1 heterocycles. The Morgan fingerprint density at radius 1 is 0.905 bits per heavy atom. The van der Waals surface area contributed by atoms with Crippen molar-refractivity contribution in [1.29, 1.82) is 0 Å². The normalized spacial score (nSPS) is 16.8. The number of urea groups is 1. The lowest BCUT2D eigenvalue weighted by molar-refractivity contribution is -0.151. The van der Waals surface area contributed by atoms with Crippen LogP contribution >= 0.6 is 0 Å². The van der Waals surface area contributed by atoms with Crippen LogP contribution in [0.15, 0.2) is 0 Å². The molecule has 0 atom stereocenters. The molecule has 0 aromatic rings. The average molecular weight is 296 g/mol. The summed E-state index contributed by atoms with van der Waals surface area (Å²) in [7, 11) is 2.58. The highest BCUT2D eigenvalue weighted by atomic mass is 16.2. The lowest BCUT2D eigenvalue weighted by Gasteiger charge is -2.32. The van der Waals surface area contributed by atoms with Crippen LogP contribution in [0.5, 0.6) is 0 Å². The van der Waals surface area contributed by atoms with Crippen molar-refractivity contribution in [2.75, 3.05) is 14.1 Å². The van der Waals surface area contributed by atoms with Gasteiger partial charge >= 0.3 is 6.03 Å². The quantitative estimate of drug-likeness (QED) is 0.507. The fraction of sp³-hybridized carbons (Fsp3) is 0.733. The first kappa shape index (κ1) is 17.3. The number of amides is 4. The van der Waals surface area contributed by atoms with Gasteiger partial charge in [-0.1, -0.05) is 39.0 Å². The summed E-state index contributed by atoms with van der Waals surface area (Å²) >= 11 is 0. The van der Waals surface area contributed by atoms with E-state index in [1.54, 1.807) is 0 Å². The van der Waals surface area contributed by atoms with Crippen molar-refractivity contribution < 1.29 is 19.2 Å². The Bertz CT molecular complexity index is 409. The molecule has 0 N–H and O–H groups in total. The minimum atomic E-state index is -1.34. The molecule has 1 aliphatic rings. The van der Waals surface area contributed by atoms with Gasteiger partial charge in [0.1, 0.15) is 0 Å². The van der Waals surface area contributed by atoms with Gasteiger partial charge in [0.15, 0.2) is 11.7 Å². The lowest BCUT2D eigenvalue weighted by atomic mass is 9.94. The van der Waals surface area contributed by atoms with E-state index in [1.807, 2.05) is 0 Å². The molecule has 118 valence electrons. The van der Waals surface area contributed by atoms with Gasteiger partial charge in [0.2, 0.25) is 0 Å². The largest absolute Gasteiger partial charge is 0.332 e. The van der Waals surface area contributed by atoms with Gasteiger partial charge in [0, 0.05) is 20.5 Å². The third-order valence-corrected chi connectivity index (χ3v) is 3.83. The van der Waals surface area contributed by atoms with Gasteiger partial charge in [-0.05, 0) is 6.42 Å². The molecule has 0 spiro atoms. The Morgan fingerprint density at radius 2 is 1.38 bits per heavy atom. The smallest absolute Gasteiger partial charge is 0.298 e. The van der Waals surface area contributed by atoms with Crippen LogP contribution in [0, 0.1) is 5.92 Å². The SMILES string of the molecule is CCCCCCCCC(=O)C1C(=O)N(C)C(=O)N(C)C1=O. The molecule has 0 aromatic carbocycles. The van der Waals surface area contributed by atoms with Crippen molar-refractivity contribution >= 4 is 23.6 Å². The summed E-state index contributed by atoms with van der Waals surface area (Å²) in [6.45, 7) is 2.14. The second-order valence-corrected chi connectivity index (χ2v) is 5.49. The Labute approximate surface area is 125 Å². The van der Waals surface area contributed by atoms with E-state index in [2.05, 4.69) is 6.92 Å². The molecular formula is C15H24N2O4. The van der Waals surface area contributed by atoms with Crippen molar-refractivity contribution in [3.63, 3.8) is 0 Å². The Hall–Kier alpha value is -1.72. The molecule has 6 heteroatoms. The molecule has 4 amide bonds. The molecule has 1 fully saturated rings. The van der Waals surface area contributed by atoms with Crippen molar-refractivity contribution in [1.82, 2.24) is 9.80 Å². The van der Waals surface area contributed by atoms with Crippen molar-refractivity contribution in [2.24, 2.45) is 5.92 Å². The third kappa shape index (κ3) is 4.12. The van der Waals surface area contributed by atoms with E-state index >= 15 is 0 Å². The maximum absolute atomic E-state index is 12.1. The molecule has 1 saturated heterocycles. The maximum atomic E-state index is 12.1. The van der Waals surface area contributed by atoms with Gasteiger partial charge in [-0.2, -0.15) is 0 Å². The van der Waals surface area contributed by atoms with Crippen LogP contribution in [0.4, 0.5) is 4.79 Å². The molecule has 0 radical (unpaired) electrons. The summed E-state index contributed by atoms with van der Waals surface area (Å²) in [6.07, 6.45) is 6.37. The number of nitrogens with zero attached hydrogens (tertiary/aromatic N) is 2. The second-order valence-electron chi connectivity index (χ2n) is 5.49. The standard InChI is InChI=1S/C15H24N2O4/c1-4-5-6-7-8-9-10-11(18)12-13(19)16(2)15(21)17(3)14(12)20/h12H,4-10H2,1-3H3. The number of barbiturate groups is 1. The predicted molar refractivity (Wildman–Crippen MR) is 77.4 cm³/mol. The molecule has 0 aliphatic carbocycles. The van der Waals surface area contributed by atoms with E-state index in [0.717, 1.165) is 35.5 Å². The molecule has 6 nitrogen and oxygen atoms in total. The van der Waals surface area contributed by atoms with Crippen molar-refractivity contribution in [3.8, 4) is 0 Å². The zero-order valence-corrected chi connectivity index (χ0v) is 13.1. The van der Waals surface area contributed by atoms with Crippen LogP contribution in [-0.4, -0.2) is 47.5 Å². The van der Waals surface area contributed by atoms with Crippen LogP contribution in [0.1, 0.15) is 51.9 Å². The highest BCUT2D eigenvalue weighted by Crippen LogP contribution is 2.19. The molecule has 1 rings (SSSR count). The van der Waals surface area contributed by atoms with E-state index < -0.39 is 23.8 Å². The first-order valence-corrected chi connectivity index (χ1v) is 7.53. The monoisotopic (exact) mass is 296 g/mol. The molecular weight excluding hydrogens is 272 g/mol.